The molecule has 0 radical (unpaired) electrons. The maximum atomic E-state index is 13.2. The molecule has 7 N–H and O–H groups in total. The lowest BCUT2D eigenvalue weighted by molar-refractivity contribution is -0.808. The highest BCUT2D eigenvalue weighted by atomic mass is 79.9. The number of aromatic nitrogens is 21. The summed E-state index contributed by atoms with van der Waals surface area (Å²) in [4.78, 5) is 87.3. The van der Waals surface area contributed by atoms with Gasteiger partial charge in [-0.2, -0.15) is 0 Å². The number of rotatable bonds is 22. The third-order valence-electron chi connectivity index (χ3n) is 23.6. The lowest BCUT2D eigenvalue weighted by Crippen LogP contribution is -2.43. The Hall–Kier alpha value is -19.6. The number of hydrogen-bond acceptors (Lipinski definition) is 31. The summed E-state index contributed by atoms with van der Waals surface area (Å²) in [5.74, 6) is -2.17. The monoisotopic (exact) mass is 2050 g/mol. The predicted octanol–water partition coefficient (Wildman–Crippen LogP) is 6.03. The molecule has 0 saturated carbocycles. The molecule has 0 unspecified atom stereocenters. The number of ether oxygens (including phenoxy) is 3. The van der Waals surface area contributed by atoms with Crippen LogP contribution in [-0.2, 0) is 82.1 Å². The molecular weight excluding hydrogens is 1980 g/mol. The average molecular weight is 2050 g/mol. The molecule has 52 heteroatoms. The first kappa shape index (κ1) is 94.4. The number of hydrogen-bond donors (Lipinski definition) is 7. The summed E-state index contributed by atoms with van der Waals surface area (Å²) < 4.78 is 63.3. The Kier molecular flexibility index (Phi) is 25.6. The third-order valence-corrected chi connectivity index (χ3v) is 25.5. The number of carbonyl (C=O) groups excluding carboxylic acids is 6. The van der Waals surface area contributed by atoms with Crippen LogP contribution in [0, 0.1) is 41.7 Å². The lowest BCUT2D eigenvalue weighted by atomic mass is 10.0. The molecule has 732 valence electrons. The number of para-hydroxylation sites is 2. The molecule has 145 heavy (non-hydrogen) atoms. The van der Waals surface area contributed by atoms with Crippen LogP contribution >= 0.6 is 15.9 Å². The summed E-state index contributed by atoms with van der Waals surface area (Å²) in [6.07, 6.45) is 5.50. The van der Waals surface area contributed by atoms with E-state index in [9.17, 15) is 78.8 Å². The molecule has 4 aliphatic rings. The van der Waals surface area contributed by atoms with Gasteiger partial charge in [-0.15, -0.1) is 19.4 Å². The summed E-state index contributed by atoms with van der Waals surface area (Å²) in [5, 5.41) is 146. The van der Waals surface area contributed by atoms with Crippen LogP contribution in [0.4, 0.5) is 28.4 Å². The van der Waals surface area contributed by atoms with Gasteiger partial charge in [0.25, 0.3) is 33.7 Å². The smallest absolute Gasteiger partial charge is 0.328 e. The predicted molar refractivity (Wildman–Crippen MR) is 503 cm³/mol. The number of halogens is 1. The molecule has 5 amide bonds. The number of H-pyrrole nitrogens is 1. The molecule has 9 heterocycles. The van der Waals surface area contributed by atoms with E-state index in [0.29, 0.717) is 161 Å². The van der Waals surface area contributed by atoms with Crippen molar-refractivity contribution in [2.75, 3.05) is 47.3 Å². The Morgan fingerprint density at radius 1 is 0.434 bits per heavy atom. The van der Waals surface area contributed by atoms with E-state index in [0.717, 1.165) is 46.2 Å². The molecule has 0 aliphatic heterocycles. The van der Waals surface area contributed by atoms with Crippen molar-refractivity contribution in [3.05, 3.63) is 351 Å². The van der Waals surface area contributed by atoms with Crippen LogP contribution < -0.4 is 79.8 Å². The molecule has 50 nitrogen and oxygen atoms in total. The Morgan fingerprint density at radius 2 is 0.841 bits per heavy atom. The number of aromatic amines is 1. The van der Waals surface area contributed by atoms with Crippen molar-refractivity contribution in [1.29, 1.82) is 0 Å². The van der Waals surface area contributed by atoms with Gasteiger partial charge < -0.3 is 87.4 Å². The highest BCUT2D eigenvalue weighted by Crippen LogP contribution is 2.36. The molecule has 0 spiro atoms. The fourth-order valence-electron chi connectivity index (χ4n) is 16.5. The van der Waals surface area contributed by atoms with Gasteiger partial charge in [-0.25, -0.2) is 13.2 Å². The van der Waals surface area contributed by atoms with E-state index in [1.807, 2.05) is 36.4 Å². The van der Waals surface area contributed by atoms with Crippen LogP contribution in [-0.4, -0.2) is 136 Å². The molecule has 1 atom stereocenters. The number of benzene rings is 9. The lowest BCUT2D eigenvalue weighted by Gasteiger charge is -2.16. The van der Waals surface area contributed by atoms with Gasteiger partial charge >= 0.3 is 51.5 Å². The van der Waals surface area contributed by atoms with E-state index in [-0.39, 0.29) is 128 Å². The number of carbonyl (C=O) groups is 6. The number of anilines is 5. The minimum absolute atomic E-state index is 0.0423. The van der Waals surface area contributed by atoms with Gasteiger partial charge in [0.2, 0.25) is 28.7 Å². The van der Waals surface area contributed by atoms with E-state index in [1.54, 1.807) is 134 Å². The Labute approximate surface area is 822 Å². The number of fused-ring (bicyclic) bond motifs is 13. The first-order valence-electron chi connectivity index (χ1n) is 43.7. The van der Waals surface area contributed by atoms with E-state index >= 15 is 0 Å². The number of nitrogens with zero attached hydrogens (tertiary/aromatic N) is 20. The summed E-state index contributed by atoms with van der Waals surface area (Å²) in [6, 6.07) is 56.4. The van der Waals surface area contributed by atoms with E-state index in [2.05, 4.69) is 118 Å². The van der Waals surface area contributed by atoms with E-state index < -0.39 is 39.8 Å². The normalized spacial score (nSPS) is 12.4. The zero-order valence-corrected chi connectivity index (χ0v) is 78.0. The van der Waals surface area contributed by atoms with Crippen LogP contribution in [0.3, 0.4) is 0 Å². The van der Waals surface area contributed by atoms with Crippen LogP contribution in [0.15, 0.2) is 259 Å². The maximum Gasteiger partial charge on any atom is 0.328 e. The summed E-state index contributed by atoms with van der Waals surface area (Å²) in [7, 11) is 0.117. The van der Waals surface area contributed by atoms with Crippen molar-refractivity contribution >= 4 is 101 Å². The van der Waals surface area contributed by atoms with Crippen molar-refractivity contribution in [2.45, 2.75) is 68.7 Å². The van der Waals surface area contributed by atoms with Gasteiger partial charge in [0.1, 0.15) is 28.8 Å². The van der Waals surface area contributed by atoms with Crippen molar-refractivity contribution < 1.29 is 109 Å². The summed E-state index contributed by atoms with van der Waals surface area (Å²) in [5.41, 5.74) is 10.7. The number of amides is 5. The fourth-order valence-corrected chi connectivity index (χ4v) is 17.8. The largest absolute Gasteiger partial charge is 0.692 e. The van der Waals surface area contributed by atoms with Gasteiger partial charge in [-0.05, 0) is 196 Å². The Morgan fingerprint density at radius 3 is 1.31 bits per heavy atom. The summed E-state index contributed by atoms with van der Waals surface area (Å²) in [6.45, 7) is 3.40. The van der Waals surface area contributed by atoms with Crippen molar-refractivity contribution in [1.82, 2.24) is 70.5 Å². The highest BCUT2D eigenvalue weighted by molar-refractivity contribution is 9.10. The van der Waals surface area contributed by atoms with Crippen LogP contribution in [0.5, 0.6) is 11.5 Å². The highest BCUT2D eigenvalue weighted by Gasteiger charge is 2.45. The van der Waals surface area contributed by atoms with E-state index in [1.165, 1.54) is 69.9 Å². The van der Waals surface area contributed by atoms with E-state index in [4.69, 9.17) is 14.2 Å². The number of nitrogens with one attached hydrogen (secondary N) is 7. The molecule has 4 aliphatic carbocycles. The molecule has 0 bridgehead atoms. The SMILES string of the molecule is C=CC(=O)Nc1cccc(NC(=O)c2cccc(-n3nc4c([n+]3[O-])CCc3c-4no[n+]3[O-])c2)c1.COC(=O)[C@H](Cc1c[nH]c2ccccc12)NC(=O)c1cccc(-n2nc3c([n+]2[O-])CCc2c-3no[n+]2[O-])c1.COc1ccc(S(=O)(=O)Nc2cccc(NC(=O)c3cccc(-n4nc5c([n+]4[O-])CCc4c-5no[n+]4[O-])c3)c2)cc1OC.O=C(Nc1ccc(Br)cc1)c1ccccc1-n1nc2c([n+]1[O-])CCc1c-2no[n+]1[O-]. The van der Waals surface area contributed by atoms with Crippen molar-refractivity contribution in [3.63, 3.8) is 0 Å². The van der Waals surface area contributed by atoms with Gasteiger partial charge in [-0.1, -0.05) is 83.2 Å². The molecule has 9 aromatic carbocycles. The zero-order chi connectivity index (χ0) is 101. The molecule has 9 aromatic heterocycles. The molecule has 18 aromatic rings. The second-order valence-electron chi connectivity index (χ2n) is 32.4. The standard InChI is InChI=1S/C27H23N7O8S.C25H21N7O6.C22H17N7O5.C19H13BrN6O4/c1-40-23-12-9-20(15-24(23)41-2)43(38,39)31-18-7-4-6-17(14-18)28-27(35)16-5-3-8-19(13-16)32-29-25-21(33(32)36)10-11-22-26(25)30-42-34(22)37;1-37-25(34)19(12-15-13-26-18-8-3-2-7-17(15)18)27-24(33)14-5-4-6-16(11-14)30-28-22-20(31(30)35)9-10-21-23(22)29-38-32(21)36;1-2-19(30)23-14-6-4-7-15(12-14)24-22(31)13-5-3-8-16(11-13)27-25-20-17(28(27)32)9-10-18-21(20)26-34-29(18)33;20-11-5-7-12(8-6-11)21-19(27)13-3-1-2-4-14(13)24-22-17-15(25(24)28)9-10-16-18(17)23-30-26(16)29/h3-9,12-15,31H,10-11H2,1-2H3,(H,28,35);2-8,11,13,19,26H,9-10,12H2,1H3,(H,27,33);2-8,11-12H,1,9-10H2,(H,23,30)(H,24,31);1-8H,9-10H2,(H,21,27)/t;19-;;/m.0../s1. The molecule has 0 saturated heterocycles. The minimum atomic E-state index is -4.00. The second kappa shape index (κ2) is 39.4. The maximum absolute atomic E-state index is 13.2. The first-order chi connectivity index (χ1) is 70.1. The Bertz CT molecular complexity index is 8330. The minimum Gasteiger partial charge on any atom is -0.692 e. The molecular formula is C93H74BrN27O23S. The Balaban J connectivity index is 0.000000123. The van der Waals surface area contributed by atoms with Crippen molar-refractivity contribution in [2.24, 2.45) is 0 Å². The fraction of sp³-hybridized carbons (Fsp3) is 0.140. The van der Waals surface area contributed by atoms with Gasteiger partial charge in [0.15, 0.2) is 34.3 Å². The van der Waals surface area contributed by atoms with Gasteiger partial charge in [-0.3, -0.25) is 47.2 Å². The quantitative estimate of drug-likeness (QED) is 0.0176. The number of methoxy groups -OCH3 is 3. The average Bonchev–Trinajstić information content (AvgIpc) is 1.61. The van der Waals surface area contributed by atoms with Crippen LogP contribution in [0.25, 0.3) is 79.2 Å². The number of sulfonamides is 1. The zero-order valence-electron chi connectivity index (χ0n) is 75.6. The van der Waals surface area contributed by atoms with Gasteiger partial charge in [0, 0.05) is 125 Å². The second-order valence-corrected chi connectivity index (χ2v) is 35.0. The van der Waals surface area contributed by atoms with Gasteiger partial charge in [0.05, 0.1) is 78.5 Å². The molecule has 22 rings (SSSR count). The third kappa shape index (κ3) is 18.7. The van der Waals surface area contributed by atoms with Crippen LogP contribution in [0.1, 0.15) is 92.5 Å². The molecule has 0 fully saturated rings. The van der Waals surface area contributed by atoms with Crippen LogP contribution in [0.2, 0.25) is 0 Å². The topological polar surface area (TPSA) is 643 Å². The number of esters is 1. The van der Waals surface area contributed by atoms with Crippen molar-refractivity contribution in [3.8, 4) is 79.8 Å². The first-order valence-corrected chi connectivity index (χ1v) is 46.0. The summed E-state index contributed by atoms with van der Waals surface area (Å²) >= 11 is 3.35.